The number of morpholine rings is 1. The van der Waals surface area contributed by atoms with E-state index < -0.39 is 0 Å². The van der Waals surface area contributed by atoms with Crippen LogP contribution in [0.1, 0.15) is 50.3 Å². The van der Waals surface area contributed by atoms with Gasteiger partial charge in [0.2, 0.25) is 11.9 Å². The molecule has 0 amide bonds. The van der Waals surface area contributed by atoms with Gasteiger partial charge in [-0.15, -0.1) is 0 Å². The fourth-order valence-corrected chi connectivity index (χ4v) is 3.30. The Balaban J connectivity index is 1.44. The first-order valence-corrected chi connectivity index (χ1v) is 8.26. The van der Waals surface area contributed by atoms with E-state index in [0.29, 0.717) is 24.2 Å². The summed E-state index contributed by atoms with van der Waals surface area (Å²) >= 11 is 0. The lowest BCUT2D eigenvalue weighted by Crippen LogP contribution is -2.43. The summed E-state index contributed by atoms with van der Waals surface area (Å²) in [5, 5.41) is 3.44. The molecule has 2 saturated heterocycles. The zero-order valence-corrected chi connectivity index (χ0v) is 12.2. The Morgan fingerprint density at radius 1 is 0.905 bits per heavy atom. The summed E-state index contributed by atoms with van der Waals surface area (Å²) < 4.78 is 5.92. The van der Waals surface area contributed by atoms with Crippen molar-refractivity contribution in [2.75, 3.05) is 23.3 Å². The van der Waals surface area contributed by atoms with Crippen LogP contribution in [0.15, 0.2) is 0 Å². The molecule has 6 nitrogen and oxygen atoms in total. The van der Waals surface area contributed by atoms with E-state index in [2.05, 4.69) is 20.2 Å². The molecule has 0 radical (unpaired) electrons. The highest BCUT2D eigenvalue weighted by Gasteiger charge is 2.36. The molecule has 6 heteroatoms. The van der Waals surface area contributed by atoms with Crippen molar-refractivity contribution in [3.05, 3.63) is 5.82 Å². The van der Waals surface area contributed by atoms with E-state index >= 15 is 0 Å². The molecule has 1 N–H and O–H groups in total. The highest BCUT2D eigenvalue weighted by molar-refractivity contribution is 5.40. The Hall–Kier alpha value is -1.43. The fraction of sp³-hybridized carbons (Fsp3) is 0.800. The number of anilines is 2. The smallest absolute Gasteiger partial charge is 0.230 e. The largest absolute Gasteiger partial charge is 0.371 e. The van der Waals surface area contributed by atoms with Gasteiger partial charge in [-0.1, -0.05) is 0 Å². The molecule has 0 spiro atoms. The number of hydrogen-bond donors (Lipinski definition) is 1. The van der Waals surface area contributed by atoms with Crippen molar-refractivity contribution in [3.8, 4) is 0 Å². The van der Waals surface area contributed by atoms with Gasteiger partial charge in [0.25, 0.3) is 0 Å². The van der Waals surface area contributed by atoms with Crippen molar-refractivity contribution in [1.29, 1.82) is 0 Å². The minimum Gasteiger partial charge on any atom is -0.371 e. The second-order valence-corrected chi connectivity index (χ2v) is 6.87. The lowest BCUT2D eigenvalue weighted by molar-refractivity contribution is 0.0299. The third-order valence-corrected chi connectivity index (χ3v) is 4.82. The molecule has 2 atom stereocenters. The van der Waals surface area contributed by atoms with Crippen molar-refractivity contribution in [2.24, 2.45) is 0 Å². The van der Waals surface area contributed by atoms with Crippen LogP contribution in [0, 0.1) is 0 Å². The first-order chi connectivity index (χ1) is 10.3. The average Bonchev–Trinajstić information content (AvgIpc) is 3.39. The zero-order chi connectivity index (χ0) is 13.8. The fourth-order valence-electron chi connectivity index (χ4n) is 3.30. The maximum atomic E-state index is 5.92. The molecule has 1 aromatic rings. The second kappa shape index (κ2) is 4.53. The summed E-state index contributed by atoms with van der Waals surface area (Å²) in [6, 6.07) is 0.577. The lowest BCUT2D eigenvalue weighted by Gasteiger charge is -2.32. The molecule has 1 aromatic heterocycles. The summed E-state index contributed by atoms with van der Waals surface area (Å²) in [6.45, 7) is 1.85. The van der Waals surface area contributed by atoms with Gasteiger partial charge >= 0.3 is 0 Å². The molecule has 2 unspecified atom stereocenters. The van der Waals surface area contributed by atoms with E-state index in [4.69, 9.17) is 9.72 Å². The number of rotatable bonds is 4. The summed E-state index contributed by atoms with van der Waals surface area (Å²) in [4.78, 5) is 16.4. The van der Waals surface area contributed by atoms with Gasteiger partial charge in [-0.25, -0.2) is 0 Å². The number of nitrogens with one attached hydrogen (secondary N) is 1. The van der Waals surface area contributed by atoms with Gasteiger partial charge in [0.05, 0.1) is 12.2 Å². The molecule has 112 valence electrons. The van der Waals surface area contributed by atoms with Crippen molar-refractivity contribution in [3.63, 3.8) is 0 Å². The van der Waals surface area contributed by atoms with Gasteiger partial charge in [-0.2, -0.15) is 15.0 Å². The van der Waals surface area contributed by atoms with Crippen molar-refractivity contribution in [2.45, 2.75) is 62.7 Å². The van der Waals surface area contributed by atoms with Gasteiger partial charge in [0.15, 0.2) is 0 Å². The summed E-state index contributed by atoms with van der Waals surface area (Å²) in [7, 11) is 0. The van der Waals surface area contributed by atoms with E-state index in [-0.39, 0.29) is 0 Å². The lowest BCUT2D eigenvalue weighted by atomic mass is 10.2. The molecule has 21 heavy (non-hydrogen) atoms. The van der Waals surface area contributed by atoms with Gasteiger partial charge in [-0.3, -0.25) is 0 Å². The first-order valence-electron chi connectivity index (χ1n) is 8.26. The van der Waals surface area contributed by atoms with Crippen LogP contribution in [0.25, 0.3) is 0 Å². The van der Waals surface area contributed by atoms with Crippen LogP contribution in [-0.4, -0.2) is 46.3 Å². The first kappa shape index (κ1) is 12.1. The molecule has 2 aliphatic carbocycles. The maximum absolute atomic E-state index is 5.92. The highest BCUT2D eigenvalue weighted by Crippen LogP contribution is 2.39. The third kappa shape index (κ3) is 2.46. The van der Waals surface area contributed by atoms with Gasteiger partial charge in [0.1, 0.15) is 5.82 Å². The molecule has 4 fully saturated rings. The highest BCUT2D eigenvalue weighted by atomic mass is 16.5. The molecular weight excluding hydrogens is 266 g/mol. The number of nitrogens with zero attached hydrogens (tertiary/aromatic N) is 4. The standard InChI is InChI=1S/C15H21N5O/c1-2-9(1)13-17-14(16-10-3-4-10)19-15(18-13)20-7-11-5-6-12(8-20)21-11/h9-12H,1-8H2,(H,16,17,18,19). The van der Waals surface area contributed by atoms with E-state index in [1.165, 1.54) is 38.5 Å². The molecule has 3 heterocycles. The Labute approximate surface area is 124 Å². The van der Waals surface area contributed by atoms with Crippen molar-refractivity contribution < 1.29 is 4.74 Å². The molecule has 2 bridgehead atoms. The molecular formula is C15H21N5O. The van der Waals surface area contributed by atoms with Crippen molar-refractivity contribution in [1.82, 2.24) is 15.0 Å². The topological polar surface area (TPSA) is 63.2 Å². The SMILES string of the molecule is C1CC1Nc1nc(C2CC2)nc(N2CC3CCC(C2)O3)n1. The van der Waals surface area contributed by atoms with Crippen LogP contribution in [0.4, 0.5) is 11.9 Å². The van der Waals surface area contributed by atoms with E-state index in [1.54, 1.807) is 0 Å². The van der Waals surface area contributed by atoms with Crippen molar-refractivity contribution >= 4 is 11.9 Å². The van der Waals surface area contributed by atoms with Gasteiger partial charge < -0.3 is 15.0 Å². The summed E-state index contributed by atoms with van der Waals surface area (Å²) in [5.41, 5.74) is 0. The predicted octanol–water partition coefficient (Wildman–Crippen LogP) is 1.69. The molecule has 2 aliphatic heterocycles. The Morgan fingerprint density at radius 3 is 2.33 bits per heavy atom. The average molecular weight is 287 g/mol. The predicted molar refractivity (Wildman–Crippen MR) is 78.6 cm³/mol. The van der Waals surface area contributed by atoms with Crippen LogP contribution in [0.5, 0.6) is 0 Å². The monoisotopic (exact) mass is 287 g/mol. The van der Waals surface area contributed by atoms with Crippen LogP contribution in [0.3, 0.4) is 0 Å². The molecule has 0 aromatic carbocycles. The van der Waals surface area contributed by atoms with Crippen LogP contribution < -0.4 is 10.2 Å². The van der Waals surface area contributed by atoms with E-state index in [9.17, 15) is 0 Å². The van der Waals surface area contributed by atoms with Gasteiger partial charge in [-0.05, 0) is 38.5 Å². The van der Waals surface area contributed by atoms with Crippen LogP contribution in [0.2, 0.25) is 0 Å². The number of fused-ring (bicyclic) bond motifs is 2. The maximum Gasteiger partial charge on any atom is 0.230 e. The zero-order valence-electron chi connectivity index (χ0n) is 12.2. The summed E-state index contributed by atoms with van der Waals surface area (Å²) in [5.74, 6) is 3.18. The summed E-state index contributed by atoms with van der Waals surface area (Å²) in [6.07, 6.45) is 8.00. The van der Waals surface area contributed by atoms with E-state index in [1.807, 2.05) is 0 Å². The number of aromatic nitrogens is 3. The number of hydrogen-bond acceptors (Lipinski definition) is 6. The molecule has 2 saturated carbocycles. The number of ether oxygens (including phenoxy) is 1. The Bertz CT molecular complexity index is 545. The van der Waals surface area contributed by atoms with E-state index in [0.717, 1.165) is 30.8 Å². The minimum absolute atomic E-state index is 0.365. The third-order valence-electron chi connectivity index (χ3n) is 4.82. The minimum atomic E-state index is 0.365. The molecule has 5 rings (SSSR count). The quantitative estimate of drug-likeness (QED) is 0.909. The normalized spacial score (nSPS) is 31.5. The second-order valence-electron chi connectivity index (χ2n) is 6.87. The van der Waals surface area contributed by atoms with Crippen LogP contribution in [-0.2, 0) is 4.74 Å². The Kier molecular flexibility index (Phi) is 2.62. The van der Waals surface area contributed by atoms with Crippen LogP contribution >= 0.6 is 0 Å². The van der Waals surface area contributed by atoms with Gasteiger partial charge in [0, 0.05) is 25.0 Å². The molecule has 4 aliphatic rings. The Morgan fingerprint density at radius 2 is 1.67 bits per heavy atom.